The van der Waals surface area contributed by atoms with Gasteiger partial charge in [-0.2, -0.15) is 0 Å². The van der Waals surface area contributed by atoms with E-state index >= 15 is 0 Å². The topological polar surface area (TPSA) is 51.2 Å². The lowest BCUT2D eigenvalue weighted by Gasteiger charge is -2.25. The molecule has 2 aromatic rings. The Bertz CT molecular complexity index is 539. The maximum absolute atomic E-state index is 11.8. The Morgan fingerprint density at radius 1 is 1.11 bits per heavy atom. The number of carbonyl (C=O) groups excluding carboxylic acids is 1. The van der Waals surface area contributed by atoms with Gasteiger partial charge in [0.2, 0.25) is 0 Å². The van der Waals surface area contributed by atoms with Crippen LogP contribution in [0.4, 0.5) is 4.79 Å². The first-order chi connectivity index (χ1) is 9.08. The van der Waals surface area contributed by atoms with Crippen molar-refractivity contribution in [3.05, 3.63) is 60.4 Å². The fraction of sp³-hybridized carbons (Fsp3) is 0.200. The van der Waals surface area contributed by atoms with Crippen LogP contribution >= 0.6 is 0 Å². The van der Waals surface area contributed by atoms with E-state index in [1.165, 1.54) is 0 Å². The van der Waals surface area contributed by atoms with Crippen molar-refractivity contribution in [2.45, 2.75) is 19.4 Å². The van der Waals surface area contributed by atoms with E-state index in [1.54, 1.807) is 18.3 Å². The van der Waals surface area contributed by atoms with Gasteiger partial charge in [0.05, 0.1) is 11.2 Å². The van der Waals surface area contributed by atoms with Crippen LogP contribution in [0, 0.1) is 0 Å². The molecule has 2 rings (SSSR count). The number of rotatable bonds is 3. The molecule has 4 nitrogen and oxygen atoms in total. The molecule has 0 saturated heterocycles. The maximum atomic E-state index is 11.8. The van der Waals surface area contributed by atoms with Crippen molar-refractivity contribution < 1.29 is 9.53 Å². The summed E-state index contributed by atoms with van der Waals surface area (Å²) in [4.78, 5) is 16.1. The summed E-state index contributed by atoms with van der Waals surface area (Å²) in [7, 11) is 0. The molecule has 1 heterocycles. The molecule has 98 valence electrons. The molecule has 0 aliphatic heterocycles. The predicted octanol–water partition coefficient (Wildman–Crippen LogP) is 3.11. The van der Waals surface area contributed by atoms with Crippen molar-refractivity contribution in [1.82, 2.24) is 10.3 Å². The lowest BCUT2D eigenvalue weighted by Crippen LogP contribution is -2.43. The largest absolute Gasteiger partial charge is 0.413 e. The molecule has 0 radical (unpaired) electrons. The van der Waals surface area contributed by atoms with Crippen LogP contribution < -0.4 is 10.1 Å². The second-order valence-electron chi connectivity index (χ2n) is 4.67. The smallest absolute Gasteiger partial charge is 0.410 e. The summed E-state index contributed by atoms with van der Waals surface area (Å²) < 4.78 is 5.19. The van der Waals surface area contributed by atoms with Crippen LogP contribution in [0.2, 0.25) is 0 Å². The van der Waals surface area contributed by atoms with E-state index in [-0.39, 0.29) is 0 Å². The van der Waals surface area contributed by atoms with Crippen LogP contribution in [0.1, 0.15) is 19.5 Å². The number of nitrogens with zero attached hydrogens (tertiary/aromatic N) is 1. The van der Waals surface area contributed by atoms with Crippen LogP contribution in [0.3, 0.4) is 0 Å². The first kappa shape index (κ1) is 13.1. The third-order valence-electron chi connectivity index (χ3n) is 2.67. The second kappa shape index (κ2) is 5.52. The van der Waals surface area contributed by atoms with Crippen molar-refractivity contribution in [2.24, 2.45) is 0 Å². The molecule has 0 atom stereocenters. The number of hydrogen-bond donors (Lipinski definition) is 1. The molecular weight excluding hydrogens is 240 g/mol. The molecule has 1 aromatic carbocycles. The molecule has 0 bridgehead atoms. The monoisotopic (exact) mass is 256 g/mol. The van der Waals surface area contributed by atoms with Crippen LogP contribution in [-0.2, 0) is 5.54 Å². The van der Waals surface area contributed by atoms with E-state index in [4.69, 9.17) is 4.74 Å². The highest BCUT2D eigenvalue weighted by atomic mass is 16.6. The van der Waals surface area contributed by atoms with E-state index in [0.29, 0.717) is 5.75 Å². The van der Waals surface area contributed by atoms with E-state index < -0.39 is 11.6 Å². The number of ether oxygens (including phenoxy) is 1. The zero-order valence-electron chi connectivity index (χ0n) is 11.0. The highest BCUT2D eigenvalue weighted by Gasteiger charge is 2.24. The van der Waals surface area contributed by atoms with Gasteiger partial charge in [0, 0.05) is 6.20 Å². The minimum Gasteiger partial charge on any atom is -0.410 e. The number of nitrogens with one attached hydrogen (secondary N) is 1. The zero-order chi connectivity index (χ0) is 13.7. The van der Waals surface area contributed by atoms with Gasteiger partial charge in [0.25, 0.3) is 0 Å². The molecule has 0 spiro atoms. The van der Waals surface area contributed by atoms with Gasteiger partial charge < -0.3 is 10.1 Å². The number of aromatic nitrogens is 1. The van der Waals surface area contributed by atoms with E-state index in [1.807, 2.05) is 50.2 Å². The van der Waals surface area contributed by atoms with E-state index in [0.717, 1.165) is 5.69 Å². The Hall–Kier alpha value is -2.36. The molecular formula is C15H16N2O2. The average Bonchev–Trinajstić information content (AvgIpc) is 2.40. The summed E-state index contributed by atoms with van der Waals surface area (Å²) >= 11 is 0. The fourth-order valence-electron chi connectivity index (χ4n) is 1.67. The number of amides is 1. The summed E-state index contributed by atoms with van der Waals surface area (Å²) in [5.41, 5.74) is 0.188. The maximum Gasteiger partial charge on any atom is 0.413 e. The summed E-state index contributed by atoms with van der Waals surface area (Å²) in [5.74, 6) is 0.511. The minimum atomic E-state index is -0.590. The van der Waals surface area contributed by atoms with Crippen LogP contribution in [0.15, 0.2) is 54.7 Å². The van der Waals surface area contributed by atoms with Gasteiger partial charge in [-0.25, -0.2) is 4.79 Å². The predicted molar refractivity (Wildman–Crippen MR) is 72.9 cm³/mol. The molecule has 0 fully saturated rings. The first-order valence-electron chi connectivity index (χ1n) is 6.04. The number of hydrogen-bond acceptors (Lipinski definition) is 3. The summed E-state index contributed by atoms with van der Waals surface area (Å²) in [5, 5.41) is 2.80. The molecule has 1 N–H and O–H groups in total. The van der Waals surface area contributed by atoms with Gasteiger partial charge in [-0.05, 0) is 38.1 Å². The lowest BCUT2D eigenvalue weighted by atomic mass is 10.0. The molecule has 0 aliphatic rings. The average molecular weight is 256 g/mol. The molecule has 0 aliphatic carbocycles. The third-order valence-corrected chi connectivity index (χ3v) is 2.67. The number of carbonyl (C=O) groups is 1. The van der Waals surface area contributed by atoms with Crippen molar-refractivity contribution in [3.8, 4) is 5.75 Å². The van der Waals surface area contributed by atoms with Gasteiger partial charge in [-0.1, -0.05) is 24.3 Å². The van der Waals surface area contributed by atoms with Crippen LogP contribution in [0.25, 0.3) is 0 Å². The zero-order valence-corrected chi connectivity index (χ0v) is 11.0. The molecule has 1 amide bonds. The summed E-state index contributed by atoms with van der Waals surface area (Å²) in [6, 6.07) is 14.5. The van der Waals surface area contributed by atoms with Crippen molar-refractivity contribution in [2.75, 3.05) is 0 Å². The molecule has 19 heavy (non-hydrogen) atoms. The molecule has 4 heteroatoms. The number of para-hydroxylation sites is 1. The standard InChI is InChI=1S/C15H16N2O2/c1-15(2,13-10-6-7-11-16-13)17-14(18)19-12-8-4-3-5-9-12/h3-11H,1-2H3,(H,17,18). The van der Waals surface area contributed by atoms with Crippen molar-refractivity contribution >= 4 is 6.09 Å². The summed E-state index contributed by atoms with van der Waals surface area (Å²) in [6.45, 7) is 3.75. The van der Waals surface area contributed by atoms with Gasteiger partial charge in [0.15, 0.2) is 0 Å². The van der Waals surface area contributed by atoms with Crippen molar-refractivity contribution in [1.29, 1.82) is 0 Å². The van der Waals surface area contributed by atoms with Gasteiger partial charge in [-0.3, -0.25) is 4.98 Å². The SMILES string of the molecule is CC(C)(NC(=O)Oc1ccccc1)c1ccccn1. The Kier molecular flexibility index (Phi) is 3.80. The number of benzene rings is 1. The van der Waals surface area contributed by atoms with Gasteiger partial charge >= 0.3 is 6.09 Å². The Labute approximate surface area is 112 Å². The quantitative estimate of drug-likeness (QED) is 0.918. The normalized spacial score (nSPS) is 10.8. The van der Waals surface area contributed by atoms with Crippen molar-refractivity contribution in [3.63, 3.8) is 0 Å². The van der Waals surface area contributed by atoms with E-state index in [9.17, 15) is 4.79 Å². The highest BCUT2D eigenvalue weighted by molar-refractivity contribution is 5.71. The fourth-order valence-corrected chi connectivity index (χ4v) is 1.67. The molecule has 1 aromatic heterocycles. The van der Waals surface area contributed by atoms with Gasteiger partial charge in [0.1, 0.15) is 5.75 Å². The minimum absolute atomic E-state index is 0.498. The highest BCUT2D eigenvalue weighted by Crippen LogP contribution is 2.17. The lowest BCUT2D eigenvalue weighted by molar-refractivity contribution is 0.188. The van der Waals surface area contributed by atoms with Crippen LogP contribution in [0.5, 0.6) is 5.75 Å². The van der Waals surface area contributed by atoms with Crippen LogP contribution in [-0.4, -0.2) is 11.1 Å². The third kappa shape index (κ3) is 3.55. The van der Waals surface area contributed by atoms with Gasteiger partial charge in [-0.15, -0.1) is 0 Å². The molecule has 0 saturated carbocycles. The Morgan fingerprint density at radius 3 is 2.42 bits per heavy atom. The number of pyridine rings is 1. The Morgan fingerprint density at radius 2 is 1.79 bits per heavy atom. The second-order valence-corrected chi connectivity index (χ2v) is 4.67. The molecule has 0 unspecified atom stereocenters. The van der Waals surface area contributed by atoms with E-state index in [2.05, 4.69) is 10.3 Å². The Balaban J connectivity index is 2.02. The first-order valence-corrected chi connectivity index (χ1v) is 6.04. The summed E-state index contributed by atoms with van der Waals surface area (Å²) in [6.07, 6.45) is 1.20.